The minimum Gasteiger partial charge on any atom is -0.456 e. The van der Waals surface area contributed by atoms with Crippen LogP contribution < -0.4 is 0 Å². The van der Waals surface area contributed by atoms with Crippen LogP contribution in [0.15, 0.2) is 120 Å². The zero-order chi connectivity index (χ0) is 26.5. The van der Waals surface area contributed by atoms with Gasteiger partial charge in [-0.25, -0.2) is 0 Å². The van der Waals surface area contributed by atoms with E-state index in [-0.39, 0.29) is 0 Å². The van der Waals surface area contributed by atoms with E-state index in [2.05, 4.69) is 112 Å². The zero-order valence-electron chi connectivity index (χ0n) is 22.4. The molecule has 2 aromatic heterocycles. The number of aryl methyl sites for hydroxylation is 1. The largest absolute Gasteiger partial charge is 0.456 e. The standard InChI is InChI=1S/C37H29NO/c1-23(2)36-24(3)14-15-28-29-18-19-38-37(31(29)17-16-30(28)36)27-20-32(25-10-6-4-7-11-25)33-22-34(39-35(33)21-27)26-12-8-5-9-13-26/h4-23H,1-3H3. The van der Waals surface area contributed by atoms with E-state index in [9.17, 15) is 0 Å². The lowest BCUT2D eigenvalue weighted by Gasteiger charge is -2.16. The molecule has 39 heavy (non-hydrogen) atoms. The summed E-state index contributed by atoms with van der Waals surface area (Å²) in [5, 5.41) is 6.08. The van der Waals surface area contributed by atoms with Gasteiger partial charge in [0.05, 0.1) is 5.69 Å². The molecule has 0 fully saturated rings. The Kier molecular flexibility index (Phi) is 5.56. The number of benzene rings is 5. The third-order valence-electron chi connectivity index (χ3n) is 7.83. The lowest BCUT2D eigenvalue weighted by molar-refractivity contribution is 0.632. The lowest BCUT2D eigenvalue weighted by Crippen LogP contribution is -1.95. The monoisotopic (exact) mass is 503 g/mol. The fourth-order valence-electron chi connectivity index (χ4n) is 6.08. The number of fused-ring (bicyclic) bond motifs is 4. The summed E-state index contributed by atoms with van der Waals surface area (Å²) < 4.78 is 6.49. The first-order valence-corrected chi connectivity index (χ1v) is 13.6. The van der Waals surface area contributed by atoms with Gasteiger partial charge in [-0.2, -0.15) is 0 Å². The second-order valence-corrected chi connectivity index (χ2v) is 10.6. The smallest absolute Gasteiger partial charge is 0.136 e. The second-order valence-electron chi connectivity index (χ2n) is 10.6. The average molecular weight is 504 g/mol. The van der Waals surface area contributed by atoms with Crippen LogP contribution in [0, 0.1) is 6.92 Å². The third kappa shape index (κ3) is 3.92. The number of rotatable bonds is 4. The molecule has 5 aromatic carbocycles. The van der Waals surface area contributed by atoms with Gasteiger partial charge in [0.2, 0.25) is 0 Å². The molecule has 0 radical (unpaired) electrons. The van der Waals surface area contributed by atoms with Crippen molar-refractivity contribution in [3.05, 3.63) is 127 Å². The predicted octanol–water partition coefficient (Wildman–Crippen LogP) is 10.6. The Bertz CT molecular complexity index is 1980. The molecule has 0 amide bonds. The fraction of sp³-hybridized carbons (Fsp3) is 0.108. The van der Waals surface area contributed by atoms with Crippen molar-refractivity contribution >= 4 is 32.5 Å². The molecular weight excluding hydrogens is 474 g/mol. The molecule has 0 aliphatic carbocycles. The van der Waals surface area contributed by atoms with Crippen LogP contribution in [0.5, 0.6) is 0 Å². The van der Waals surface area contributed by atoms with Crippen molar-refractivity contribution in [2.24, 2.45) is 0 Å². The van der Waals surface area contributed by atoms with Gasteiger partial charge in [-0.1, -0.05) is 98.8 Å². The molecule has 0 saturated carbocycles. The van der Waals surface area contributed by atoms with Crippen LogP contribution in [0.2, 0.25) is 0 Å². The Balaban J connectivity index is 1.50. The summed E-state index contributed by atoms with van der Waals surface area (Å²) in [7, 11) is 0. The lowest BCUT2D eigenvalue weighted by atomic mass is 9.89. The highest BCUT2D eigenvalue weighted by Crippen LogP contribution is 2.41. The average Bonchev–Trinajstić information content (AvgIpc) is 3.41. The molecule has 0 atom stereocenters. The van der Waals surface area contributed by atoms with E-state index < -0.39 is 0 Å². The van der Waals surface area contributed by atoms with E-state index in [4.69, 9.17) is 9.40 Å². The van der Waals surface area contributed by atoms with Crippen LogP contribution in [-0.2, 0) is 0 Å². The minimum absolute atomic E-state index is 0.459. The molecule has 0 aliphatic rings. The topological polar surface area (TPSA) is 26.0 Å². The Labute approximate surface area is 228 Å². The number of aromatic nitrogens is 1. The van der Waals surface area contributed by atoms with E-state index >= 15 is 0 Å². The maximum atomic E-state index is 6.49. The first-order chi connectivity index (χ1) is 19.1. The maximum absolute atomic E-state index is 6.49. The molecule has 7 rings (SSSR count). The van der Waals surface area contributed by atoms with Crippen LogP contribution >= 0.6 is 0 Å². The molecule has 2 nitrogen and oxygen atoms in total. The van der Waals surface area contributed by atoms with Gasteiger partial charge in [-0.3, -0.25) is 4.98 Å². The van der Waals surface area contributed by atoms with Crippen molar-refractivity contribution in [3.63, 3.8) is 0 Å². The highest BCUT2D eigenvalue weighted by atomic mass is 16.3. The van der Waals surface area contributed by atoms with E-state index in [0.29, 0.717) is 5.92 Å². The van der Waals surface area contributed by atoms with Crippen LogP contribution in [0.4, 0.5) is 0 Å². The van der Waals surface area contributed by atoms with Crippen LogP contribution in [0.1, 0.15) is 30.9 Å². The first-order valence-electron chi connectivity index (χ1n) is 13.6. The molecule has 2 heterocycles. The van der Waals surface area contributed by atoms with Crippen molar-refractivity contribution in [2.45, 2.75) is 26.7 Å². The first kappa shape index (κ1) is 23.4. The molecule has 0 spiro atoms. The summed E-state index contributed by atoms with van der Waals surface area (Å²) >= 11 is 0. The molecule has 188 valence electrons. The number of pyridine rings is 1. The summed E-state index contributed by atoms with van der Waals surface area (Å²) in [6.45, 7) is 6.76. The van der Waals surface area contributed by atoms with Crippen LogP contribution in [0.25, 0.3) is 66.2 Å². The van der Waals surface area contributed by atoms with Gasteiger partial charge in [0.1, 0.15) is 11.3 Å². The number of hydrogen-bond donors (Lipinski definition) is 0. The Morgan fingerprint density at radius 3 is 2.00 bits per heavy atom. The molecule has 0 saturated heterocycles. The summed E-state index contributed by atoms with van der Waals surface area (Å²) in [5.41, 5.74) is 9.02. The molecule has 0 bridgehead atoms. The molecule has 0 N–H and O–H groups in total. The van der Waals surface area contributed by atoms with Crippen molar-refractivity contribution in [1.29, 1.82) is 0 Å². The van der Waals surface area contributed by atoms with E-state index in [1.165, 1.54) is 27.3 Å². The number of furan rings is 1. The highest BCUT2D eigenvalue weighted by molar-refractivity contribution is 6.13. The molecular formula is C37H29NO. The fourth-order valence-corrected chi connectivity index (χ4v) is 6.08. The third-order valence-corrected chi connectivity index (χ3v) is 7.83. The summed E-state index contributed by atoms with van der Waals surface area (Å²) in [5.74, 6) is 1.33. The zero-order valence-corrected chi connectivity index (χ0v) is 22.4. The van der Waals surface area contributed by atoms with Gasteiger partial charge >= 0.3 is 0 Å². The molecule has 2 heteroatoms. The van der Waals surface area contributed by atoms with Crippen LogP contribution in [0.3, 0.4) is 0 Å². The van der Waals surface area contributed by atoms with Gasteiger partial charge in [0.15, 0.2) is 0 Å². The van der Waals surface area contributed by atoms with Crippen LogP contribution in [-0.4, -0.2) is 4.98 Å². The Hall–Kier alpha value is -4.69. The predicted molar refractivity (Wildman–Crippen MR) is 164 cm³/mol. The SMILES string of the molecule is Cc1ccc2c(ccc3c(-c4cc(-c5ccccc5)c5cc(-c6ccccc6)oc5c4)nccc32)c1C(C)C. The van der Waals surface area contributed by atoms with Gasteiger partial charge in [-0.15, -0.1) is 0 Å². The minimum atomic E-state index is 0.459. The molecule has 7 aromatic rings. The van der Waals surface area contributed by atoms with Gasteiger partial charge in [0.25, 0.3) is 0 Å². The van der Waals surface area contributed by atoms with Gasteiger partial charge in [-0.05, 0) is 75.5 Å². The maximum Gasteiger partial charge on any atom is 0.136 e. The van der Waals surface area contributed by atoms with Crippen molar-refractivity contribution < 1.29 is 4.42 Å². The summed E-state index contributed by atoms with van der Waals surface area (Å²) in [4.78, 5) is 4.92. The normalized spacial score (nSPS) is 11.7. The van der Waals surface area contributed by atoms with E-state index in [1.54, 1.807) is 0 Å². The van der Waals surface area contributed by atoms with Gasteiger partial charge < -0.3 is 4.42 Å². The number of nitrogens with zero attached hydrogens (tertiary/aromatic N) is 1. The summed E-state index contributed by atoms with van der Waals surface area (Å²) in [6, 6.07) is 38.6. The van der Waals surface area contributed by atoms with Crippen molar-refractivity contribution in [3.8, 4) is 33.7 Å². The number of hydrogen-bond acceptors (Lipinski definition) is 2. The quantitative estimate of drug-likeness (QED) is 0.223. The van der Waals surface area contributed by atoms with E-state index in [1.807, 2.05) is 24.4 Å². The Morgan fingerprint density at radius 2 is 1.26 bits per heavy atom. The molecule has 0 unspecified atom stereocenters. The molecule has 0 aliphatic heterocycles. The Morgan fingerprint density at radius 1 is 0.590 bits per heavy atom. The van der Waals surface area contributed by atoms with Crippen molar-refractivity contribution in [1.82, 2.24) is 4.98 Å². The van der Waals surface area contributed by atoms with Gasteiger partial charge in [0, 0.05) is 28.1 Å². The van der Waals surface area contributed by atoms with Crippen molar-refractivity contribution in [2.75, 3.05) is 0 Å². The highest BCUT2D eigenvalue weighted by Gasteiger charge is 2.17. The summed E-state index contributed by atoms with van der Waals surface area (Å²) in [6.07, 6.45) is 1.94. The second kappa shape index (κ2) is 9.25. The van der Waals surface area contributed by atoms with E-state index in [0.717, 1.165) is 50.1 Å².